The van der Waals surface area contributed by atoms with Crippen LogP contribution in [0.3, 0.4) is 0 Å². The first-order valence-corrected chi connectivity index (χ1v) is 13.3. The van der Waals surface area contributed by atoms with Gasteiger partial charge in [0.2, 0.25) is 0 Å². The molecule has 1 atom stereocenters. The molecule has 1 fully saturated rings. The molecule has 0 N–H and O–H groups in total. The largest absolute Gasteiger partial charge is 0.494 e. The highest BCUT2D eigenvalue weighted by atomic mass is 16.6. The highest BCUT2D eigenvalue weighted by molar-refractivity contribution is 5.88. The van der Waals surface area contributed by atoms with Crippen LogP contribution in [0.25, 0.3) is 5.70 Å². The Labute approximate surface area is 215 Å². The SMILES string of the molecule is CCCC(C)OC(=O)N(CC)c1ccc(C2=C(C#N)C3=CC=C(OCC)C=C(C3)N2C2CCC2)cc1. The second-order valence-corrected chi connectivity index (χ2v) is 9.57. The Balaban J connectivity index is 1.69. The van der Waals surface area contributed by atoms with E-state index in [1.165, 1.54) is 12.1 Å². The fourth-order valence-corrected chi connectivity index (χ4v) is 5.09. The van der Waals surface area contributed by atoms with Crippen molar-refractivity contribution in [1.29, 1.82) is 5.26 Å². The van der Waals surface area contributed by atoms with Gasteiger partial charge in [-0.25, -0.2) is 4.79 Å². The van der Waals surface area contributed by atoms with Gasteiger partial charge in [-0.2, -0.15) is 5.26 Å². The molecule has 6 heteroatoms. The van der Waals surface area contributed by atoms with Gasteiger partial charge in [-0.3, -0.25) is 4.90 Å². The molecule has 2 aliphatic carbocycles. The first-order chi connectivity index (χ1) is 17.5. The number of ether oxygens (including phenoxy) is 2. The average molecular weight is 488 g/mol. The van der Waals surface area contributed by atoms with Crippen molar-refractivity contribution in [2.45, 2.75) is 78.4 Å². The summed E-state index contributed by atoms with van der Waals surface area (Å²) in [5.74, 6) is 0.829. The molecular weight excluding hydrogens is 450 g/mol. The third-order valence-electron chi connectivity index (χ3n) is 7.09. The van der Waals surface area contributed by atoms with E-state index >= 15 is 0 Å². The van der Waals surface area contributed by atoms with E-state index in [2.05, 4.69) is 24.0 Å². The average Bonchev–Trinajstić information content (AvgIpc) is 3.01. The zero-order valence-corrected chi connectivity index (χ0v) is 21.9. The van der Waals surface area contributed by atoms with Crippen molar-refractivity contribution < 1.29 is 14.3 Å². The lowest BCUT2D eigenvalue weighted by molar-refractivity contribution is 0.108. The summed E-state index contributed by atoms with van der Waals surface area (Å²) in [4.78, 5) is 16.8. The molecule has 6 nitrogen and oxygen atoms in total. The Morgan fingerprint density at radius 2 is 1.94 bits per heavy atom. The third kappa shape index (κ3) is 5.21. The number of fused-ring (bicyclic) bond motifs is 2. The summed E-state index contributed by atoms with van der Waals surface area (Å²) >= 11 is 0. The van der Waals surface area contributed by atoms with Crippen molar-refractivity contribution in [2.75, 3.05) is 18.1 Å². The zero-order chi connectivity index (χ0) is 25.7. The van der Waals surface area contributed by atoms with Crippen molar-refractivity contribution in [3.8, 4) is 6.07 Å². The van der Waals surface area contributed by atoms with E-state index in [9.17, 15) is 10.1 Å². The van der Waals surface area contributed by atoms with Gasteiger partial charge in [0, 0.05) is 30.4 Å². The molecule has 0 spiro atoms. The number of benzene rings is 1. The van der Waals surface area contributed by atoms with Crippen molar-refractivity contribution in [3.05, 3.63) is 70.7 Å². The van der Waals surface area contributed by atoms with E-state index in [1.807, 2.05) is 57.2 Å². The predicted molar refractivity (Wildman–Crippen MR) is 143 cm³/mol. The molecule has 36 heavy (non-hydrogen) atoms. The topological polar surface area (TPSA) is 65.8 Å². The van der Waals surface area contributed by atoms with Crippen LogP contribution in [0.5, 0.6) is 0 Å². The van der Waals surface area contributed by atoms with Crippen LogP contribution >= 0.6 is 0 Å². The Bertz CT molecular complexity index is 1130. The Hall–Kier alpha value is -3.46. The quantitative estimate of drug-likeness (QED) is 0.372. The van der Waals surface area contributed by atoms with Crippen LogP contribution in [0.2, 0.25) is 0 Å². The zero-order valence-electron chi connectivity index (χ0n) is 21.9. The molecular formula is C30H37N3O3. The van der Waals surface area contributed by atoms with Crippen molar-refractivity contribution >= 4 is 17.5 Å². The highest BCUT2D eigenvalue weighted by Gasteiger charge is 2.36. The van der Waals surface area contributed by atoms with Gasteiger partial charge in [0.1, 0.15) is 17.9 Å². The number of nitrogens with zero attached hydrogens (tertiary/aromatic N) is 3. The molecule has 1 aromatic rings. The number of allylic oxidation sites excluding steroid dienone is 5. The van der Waals surface area contributed by atoms with Gasteiger partial charge in [0.15, 0.2) is 0 Å². The van der Waals surface area contributed by atoms with Gasteiger partial charge in [-0.1, -0.05) is 31.6 Å². The Morgan fingerprint density at radius 1 is 1.19 bits per heavy atom. The first kappa shape index (κ1) is 25.6. The molecule has 3 aliphatic rings. The molecule has 0 radical (unpaired) electrons. The number of nitriles is 1. The van der Waals surface area contributed by atoms with Crippen molar-refractivity contribution in [3.63, 3.8) is 0 Å². The summed E-state index contributed by atoms with van der Waals surface area (Å²) in [6.07, 6.45) is 11.6. The minimum absolute atomic E-state index is 0.113. The molecule has 1 amide bonds. The van der Waals surface area contributed by atoms with Crippen LogP contribution in [0, 0.1) is 11.3 Å². The van der Waals surface area contributed by atoms with E-state index in [0.717, 1.165) is 60.4 Å². The van der Waals surface area contributed by atoms with Gasteiger partial charge < -0.3 is 14.4 Å². The molecule has 0 saturated heterocycles. The second kappa shape index (κ2) is 11.5. The van der Waals surface area contributed by atoms with E-state index < -0.39 is 0 Å². The summed E-state index contributed by atoms with van der Waals surface area (Å²) in [6.45, 7) is 9.06. The smallest absolute Gasteiger partial charge is 0.414 e. The minimum atomic E-state index is -0.326. The van der Waals surface area contributed by atoms with Gasteiger partial charge in [-0.05, 0) is 81.9 Å². The maximum absolute atomic E-state index is 12.8. The number of carbonyl (C=O) groups is 1. The lowest BCUT2D eigenvalue weighted by Gasteiger charge is -2.45. The van der Waals surface area contributed by atoms with Gasteiger partial charge in [0.25, 0.3) is 0 Å². The molecule has 0 aromatic heterocycles. The van der Waals surface area contributed by atoms with E-state index in [4.69, 9.17) is 9.47 Å². The molecule has 4 rings (SSSR count). The monoisotopic (exact) mass is 487 g/mol. The second-order valence-electron chi connectivity index (χ2n) is 9.57. The van der Waals surface area contributed by atoms with Crippen LogP contribution < -0.4 is 4.90 Å². The molecule has 1 unspecified atom stereocenters. The summed E-state index contributed by atoms with van der Waals surface area (Å²) in [5.41, 5.74) is 5.60. The van der Waals surface area contributed by atoms with Gasteiger partial charge in [-0.15, -0.1) is 0 Å². The number of hydrogen-bond donors (Lipinski definition) is 0. The lowest BCUT2D eigenvalue weighted by atomic mass is 9.84. The normalized spacial score (nSPS) is 18.2. The highest BCUT2D eigenvalue weighted by Crippen LogP contribution is 2.45. The summed E-state index contributed by atoms with van der Waals surface area (Å²) in [5, 5.41) is 10.3. The summed E-state index contributed by atoms with van der Waals surface area (Å²) in [6, 6.07) is 10.8. The number of carbonyl (C=O) groups excluding carboxylic acids is 1. The van der Waals surface area contributed by atoms with Crippen LogP contribution in [0.15, 0.2) is 65.1 Å². The van der Waals surface area contributed by atoms with E-state index in [0.29, 0.717) is 24.8 Å². The van der Waals surface area contributed by atoms with Crippen LogP contribution in [-0.4, -0.2) is 36.3 Å². The molecule has 1 heterocycles. The lowest BCUT2D eigenvalue weighted by Crippen LogP contribution is -2.40. The predicted octanol–water partition coefficient (Wildman–Crippen LogP) is 7.08. The Kier molecular flexibility index (Phi) is 8.20. The molecule has 1 saturated carbocycles. The minimum Gasteiger partial charge on any atom is -0.494 e. The molecule has 190 valence electrons. The Morgan fingerprint density at radius 3 is 2.53 bits per heavy atom. The fraction of sp³-hybridized carbons (Fsp3) is 0.467. The first-order valence-electron chi connectivity index (χ1n) is 13.3. The fourth-order valence-electron chi connectivity index (χ4n) is 5.09. The van der Waals surface area contributed by atoms with Gasteiger partial charge in [0.05, 0.1) is 17.9 Å². The summed E-state index contributed by atoms with van der Waals surface area (Å²) in [7, 11) is 0. The summed E-state index contributed by atoms with van der Waals surface area (Å²) < 4.78 is 11.5. The van der Waals surface area contributed by atoms with Crippen LogP contribution in [0.1, 0.15) is 71.8 Å². The molecule has 1 aliphatic heterocycles. The molecule has 1 aromatic carbocycles. The number of rotatable bonds is 9. The maximum atomic E-state index is 12.8. The number of amides is 1. The van der Waals surface area contributed by atoms with Crippen LogP contribution in [-0.2, 0) is 9.47 Å². The molecule has 2 bridgehead atoms. The van der Waals surface area contributed by atoms with Crippen LogP contribution in [0.4, 0.5) is 10.5 Å². The number of anilines is 1. The number of hydrogen-bond acceptors (Lipinski definition) is 5. The third-order valence-corrected chi connectivity index (χ3v) is 7.09. The van der Waals surface area contributed by atoms with Crippen molar-refractivity contribution in [2.24, 2.45) is 0 Å². The van der Waals surface area contributed by atoms with E-state index in [-0.39, 0.29) is 12.2 Å². The maximum Gasteiger partial charge on any atom is 0.414 e. The van der Waals surface area contributed by atoms with E-state index in [1.54, 1.807) is 4.90 Å². The standard InChI is InChI=1S/C30H37N3O3/c1-5-9-21(4)36-30(34)32(6-2)24-15-12-22(13-16-24)29-28(20-31)23-14-17-27(35-7-3)19-26(18-23)33(29)25-10-8-11-25/h12-17,19,21,25H,5-11,18H2,1-4H3. The van der Waals surface area contributed by atoms with Gasteiger partial charge >= 0.3 is 6.09 Å². The van der Waals surface area contributed by atoms with Crippen molar-refractivity contribution in [1.82, 2.24) is 4.90 Å².